The number of benzene rings is 1. The van der Waals surface area contributed by atoms with Gasteiger partial charge in [0.2, 0.25) is 0 Å². The summed E-state index contributed by atoms with van der Waals surface area (Å²) in [7, 11) is 4.07. The molecule has 0 amide bonds. The van der Waals surface area contributed by atoms with Crippen LogP contribution in [-0.4, -0.2) is 32.4 Å². The maximum atomic E-state index is 8.67. The molecule has 0 spiro atoms. The summed E-state index contributed by atoms with van der Waals surface area (Å²) in [6, 6.07) is 8.23. The zero-order valence-electron chi connectivity index (χ0n) is 9.53. The van der Waals surface area contributed by atoms with E-state index in [1.165, 1.54) is 5.69 Å². The van der Waals surface area contributed by atoms with Crippen molar-refractivity contribution in [3.8, 4) is 0 Å². The van der Waals surface area contributed by atoms with Gasteiger partial charge in [0.1, 0.15) is 0 Å². The molecule has 2 N–H and O–H groups in total. The molecule has 0 heterocycles. The zero-order valence-corrected chi connectivity index (χ0v) is 9.53. The monoisotopic (exact) mass is 208 g/mol. The van der Waals surface area contributed by atoms with Crippen LogP contribution in [-0.2, 0) is 0 Å². The number of nitrogens with one attached hydrogen (secondary N) is 1. The fourth-order valence-electron chi connectivity index (χ4n) is 1.47. The van der Waals surface area contributed by atoms with Crippen LogP contribution in [0.2, 0.25) is 0 Å². The van der Waals surface area contributed by atoms with Gasteiger partial charge < -0.3 is 15.3 Å². The molecule has 0 aliphatic rings. The molecule has 1 aromatic carbocycles. The minimum atomic E-state index is 0.275. The van der Waals surface area contributed by atoms with Crippen molar-refractivity contribution in [2.24, 2.45) is 0 Å². The molecule has 1 aromatic rings. The highest BCUT2D eigenvalue weighted by atomic mass is 16.2. The van der Waals surface area contributed by atoms with Crippen LogP contribution < -0.4 is 10.2 Å². The summed E-state index contributed by atoms with van der Waals surface area (Å²) in [5.74, 6) is 0. The second-order valence-electron chi connectivity index (χ2n) is 3.77. The molecule has 15 heavy (non-hydrogen) atoms. The fraction of sp³-hybridized carbons (Fsp3) is 0.500. The topological polar surface area (TPSA) is 35.5 Å². The lowest BCUT2D eigenvalue weighted by atomic mass is 10.2. The van der Waals surface area contributed by atoms with Crippen molar-refractivity contribution < 1.29 is 5.11 Å². The average molecular weight is 208 g/mol. The molecular weight excluding hydrogens is 188 g/mol. The SMILES string of the molecule is CN(C)c1ccccc1NCCCCO. The number of hydrogen-bond donors (Lipinski definition) is 2. The van der Waals surface area contributed by atoms with Crippen LogP contribution in [0.1, 0.15) is 12.8 Å². The Bertz CT molecular complexity index is 287. The minimum Gasteiger partial charge on any atom is -0.396 e. The van der Waals surface area contributed by atoms with Crippen LogP contribution in [0.5, 0.6) is 0 Å². The molecular formula is C12H20N2O. The highest BCUT2D eigenvalue weighted by Crippen LogP contribution is 2.23. The minimum absolute atomic E-state index is 0.275. The largest absolute Gasteiger partial charge is 0.396 e. The normalized spacial score (nSPS) is 10.1. The smallest absolute Gasteiger partial charge is 0.0596 e. The van der Waals surface area contributed by atoms with E-state index >= 15 is 0 Å². The number of anilines is 2. The molecule has 0 aliphatic carbocycles. The Hall–Kier alpha value is -1.22. The Morgan fingerprint density at radius 3 is 2.60 bits per heavy atom. The van der Waals surface area contributed by atoms with Gasteiger partial charge in [0, 0.05) is 27.2 Å². The fourth-order valence-corrected chi connectivity index (χ4v) is 1.47. The third kappa shape index (κ3) is 3.80. The summed E-state index contributed by atoms with van der Waals surface area (Å²) in [4.78, 5) is 2.09. The number of hydrogen-bond acceptors (Lipinski definition) is 3. The van der Waals surface area contributed by atoms with Crippen LogP contribution >= 0.6 is 0 Å². The maximum absolute atomic E-state index is 8.67. The summed E-state index contributed by atoms with van der Waals surface area (Å²) in [5, 5.41) is 12.0. The van der Waals surface area contributed by atoms with Crippen molar-refractivity contribution in [2.45, 2.75) is 12.8 Å². The molecule has 0 saturated heterocycles. The molecule has 0 aromatic heterocycles. The van der Waals surface area contributed by atoms with Crippen molar-refractivity contribution in [2.75, 3.05) is 37.5 Å². The van der Waals surface area contributed by atoms with Gasteiger partial charge >= 0.3 is 0 Å². The third-order valence-electron chi connectivity index (χ3n) is 2.29. The van der Waals surface area contributed by atoms with E-state index < -0.39 is 0 Å². The summed E-state index contributed by atoms with van der Waals surface area (Å²) in [6.45, 7) is 1.18. The first kappa shape index (κ1) is 11.9. The molecule has 84 valence electrons. The first-order chi connectivity index (χ1) is 7.25. The summed E-state index contributed by atoms with van der Waals surface area (Å²) >= 11 is 0. The second-order valence-corrected chi connectivity index (χ2v) is 3.77. The van der Waals surface area contributed by atoms with Gasteiger partial charge in [-0.1, -0.05) is 12.1 Å². The lowest BCUT2D eigenvalue weighted by Gasteiger charge is -2.18. The number of nitrogens with zero attached hydrogens (tertiary/aromatic N) is 1. The number of unbranched alkanes of at least 4 members (excludes halogenated alkanes) is 1. The number of rotatable bonds is 6. The van der Waals surface area contributed by atoms with Crippen LogP contribution in [0.3, 0.4) is 0 Å². The van der Waals surface area contributed by atoms with Crippen molar-refractivity contribution in [1.29, 1.82) is 0 Å². The highest BCUT2D eigenvalue weighted by Gasteiger charge is 2.01. The predicted molar refractivity (Wildman–Crippen MR) is 65.6 cm³/mol. The summed E-state index contributed by atoms with van der Waals surface area (Å²) < 4.78 is 0. The lowest BCUT2D eigenvalue weighted by Crippen LogP contribution is -2.12. The molecule has 3 heteroatoms. The summed E-state index contributed by atoms with van der Waals surface area (Å²) in [5.41, 5.74) is 2.35. The first-order valence-corrected chi connectivity index (χ1v) is 5.37. The van der Waals surface area contributed by atoms with Gasteiger partial charge in [0.15, 0.2) is 0 Å². The Morgan fingerprint density at radius 2 is 1.93 bits per heavy atom. The molecule has 0 fully saturated rings. The van der Waals surface area contributed by atoms with Gasteiger partial charge in [-0.3, -0.25) is 0 Å². The molecule has 3 nitrogen and oxygen atoms in total. The molecule has 0 atom stereocenters. The molecule has 1 rings (SSSR count). The Kier molecular flexibility index (Phi) is 4.98. The van der Waals surface area contributed by atoms with Gasteiger partial charge in [-0.2, -0.15) is 0 Å². The van der Waals surface area contributed by atoms with Crippen LogP contribution in [0, 0.1) is 0 Å². The van der Waals surface area contributed by atoms with Crippen molar-refractivity contribution >= 4 is 11.4 Å². The number of para-hydroxylation sites is 2. The van der Waals surface area contributed by atoms with Gasteiger partial charge in [-0.05, 0) is 25.0 Å². The number of aliphatic hydroxyl groups excluding tert-OH is 1. The van der Waals surface area contributed by atoms with Crippen LogP contribution in [0.15, 0.2) is 24.3 Å². The number of aliphatic hydroxyl groups is 1. The van der Waals surface area contributed by atoms with E-state index in [0.717, 1.165) is 25.1 Å². The quantitative estimate of drug-likeness (QED) is 0.701. The van der Waals surface area contributed by atoms with Crippen molar-refractivity contribution in [3.05, 3.63) is 24.3 Å². The standard InChI is InChI=1S/C12H20N2O/c1-14(2)12-8-4-3-7-11(12)13-9-5-6-10-15/h3-4,7-8,13,15H,5-6,9-10H2,1-2H3. The van der Waals surface area contributed by atoms with Crippen LogP contribution in [0.25, 0.3) is 0 Å². The van der Waals surface area contributed by atoms with E-state index in [-0.39, 0.29) is 6.61 Å². The van der Waals surface area contributed by atoms with E-state index in [0.29, 0.717) is 0 Å². The molecule has 0 saturated carbocycles. The van der Waals surface area contributed by atoms with Gasteiger partial charge in [-0.15, -0.1) is 0 Å². The highest BCUT2D eigenvalue weighted by molar-refractivity contribution is 5.69. The predicted octanol–water partition coefficient (Wildman–Crippen LogP) is 1.94. The zero-order chi connectivity index (χ0) is 11.1. The van der Waals surface area contributed by atoms with E-state index in [1.54, 1.807) is 0 Å². The van der Waals surface area contributed by atoms with Crippen molar-refractivity contribution in [3.63, 3.8) is 0 Å². The van der Waals surface area contributed by atoms with E-state index in [4.69, 9.17) is 5.11 Å². The Balaban J connectivity index is 2.52. The van der Waals surface area contributed by atoms with E-state index in [9.17, 15) is 0 Å². The summed E-state index contributed by atoms with van der Waals surface area (Å²) in [6.07, 6.45) is 1.86. The average Bonchev–Trinajstić information content (AvgIpc) is 2.25. The van der Waals surface area contributed by atoms with Crippen LogP contribution in [0.4, 0.5) is 11.4 Å². The first-order valence-electron chi connectivity index (χ1n) is 5.37. The van der Waals surface area contributed by atoms with E-state index in [2.05, 4.69) is 22.3 Å². The molecule has 0 unspecified atom stereocenters. The maximum Gasteiger partial charge on any atom is 0.0596 e. The Labute approximate surface area is 91.7 Å². The molecule has 0 radical (unpaired) electrons. The second kappa shape index (κ2) is 6.30. The Morgan fingerprint density at radius 1 is 1.20 bits per heavy atom. The van der Waals surface area contributed by atoms with Gasteiger partial charge in [0.05, 0.1) is 11.4 Å². The molecule has 0 aliphatic heterocycles. The molecule has 0 bridgehead atoms. The van der Waals surface area contributed by atoms with E-state index in [1.807, 2.05) is 26.2 Å². The van der Waals surface area contributed by atoms with Gasteiger partial charge in [0.25, 0.3) is 0 Å². The van der Waals surface area contributed by atoms with Gasteiger partial charge in [-0.25, -0.2) is 0 Å². The van der Waals surface area contributed by atoms with Crippen molar-refractivity contribution in [1.82, 2.24) is 0 Å². The third-order valence-corrected chi connectivity index (χ3v) is 2.29. The lowest BCUT2D eigenvalue weighted by molar-refractivity contribution is 0.286.